The summed E-state index contributed by atoms with van der Waals surface area (Å²) in [6.07, 6.45) is -2.69. The van der Waals surface area contributed by atoms with Crippen molar-refractivity contribution in [2.24, 2.45) is 0 Å². The van der Waals surface area contributed by atoms with E-state index in [4.69, 9.17) is 23.7 Å². The highest BCUT2D eigenvalue weighted by Crippen LogP contribution is 2.39. The minimum absolute atomic E-state index is 0.165. The van der Waals surface area contributed by atoms with Gasteiger partial charge in [0.25, 0.3) is 0 Å². The first kappa shape index (κ1) is 16.8. The molecule has 0 spiro atoms. The Balaban J connectivity index is 1.71. The lowest BCUT2D eigenvalue weighted by Crippen LogP contribution is -2.44. The molecule has 23 heavy (non-hydrogen) atoms. The molecule has 1 aromatic carbocycles. The Labute approximate surface area is 136 Å². The predicted octanol–water partition coefficient (Wildman–Crippen LogP) is 1.46. The van der Waals surface area contributed by atoms with Crippen LogP contribution in [0.2, 0.25) is 0 Å². The van der Waals surface area contributed by atoms with Crippen LogP contribution in [0, 0.1) is 0 Å². The number of fused-ring (bicyclic) bond motifs is 1. The van der Waals surface area contributed by atoms with E-state index in [2.05, 4.69) is 0 Å². The standard InChI is InChI=1S/C17H24O6/c1-17(2)22-15-14(20-9-11-7-5-4-6-8-11)13(12(18)10-19-3)21-16(15)23-17/h4-8,12-16,18H,9-10H2,1-3H3/t12-,13-,14+,15-,16-/m1/s1. The maximum atomic E-state index is 10.3. The van der Waals surface area contributed by atoms with Gasteiger partial charge in [0.15, 0.2) is 12.1 Å². The Morgan fingerprint density at radius 1 is 1.22 bits per heavy atom. The summed E-state index contributed by atoms with van der Waals surface area (Å²) >= 11 is 0. The van der Waals surface area contributed by atoms with E-state index in [1.807, 2.05) is 44.2 Å². The molecule has 0 aliphatic carbocycles. The Bertz CT molecular complexity index is 505. The Morgan fingerprint density at radius 2 is 1.96 bits per heavy atom. The molecule has 0 unspecified atom stereocenters. The molecule has 1 aromatic rings. The molecule has 1 N–H and O–H groups in total. The third-order valence-electron chi connectivity index (χ3n) is 4.03. The van der Waals surface area contributed by atoms with Crippen molar-refractivity contribution in [3.05, 3.63) is 35.9 Å². The Hall–Kier alpha value is -1.02. The second kappa shape index (κ2) is 6.84. The topological polar surface area (TPSA) is 66.4 Å². The molecule has 0 radical (unpaired) electrons. The largest absolute Gasteiger partial charge is 0.388 e. The van der Waals surface area contributed by atoms with Crippen molar-refractivity contribution in [3.8, 4) is 0 Å². The lowest BCUT2D eigenvalue weighted by atomic mass is 10.1. The Morgan fingerprint density at radius 3 is 2.65 bits per heavy atom. The maximum absolute atomic E-state index is 10.3. The van der Waals surface area contributed by atoms with Gasteiger partial charge in [0.2, 0.25) is 0 Å². The summed E-state index contributed by atoms with van der Waals surface area (Å²) < 4.78 is 28.5. The molecule has 0 saturated carbocycles. The van der Waals surface area contributed by atoms with Gasteiger partial charge >= 0.3 is 0 Å². The van der Waals surface area contributed by atoms with E-state index < -0.39 is 30.4 Å². The zero-order valence-electron chi connectivity index (χ0n) is 13.7. The fraction of sp³-hybridized carbons (Fsp3) is 0.647. The molecular formula is C17H24O6. The van der Waals surface area contributed by atoms with Crippen molar-refractivity contribution in [3.63, 3.8) is 0 Å². The van der Waals surface area contributed by atoms with Gasteiger partial charge in [0.05, 0.1) is 13.2 Å². The fourth-order valence-corrected chi connectivity index (χ4v) is 3.04. The number of hydrogen-bond donors (Lipinski definition) is 1. The smallest absolute Gasteiger partial charge is 0.190 e. The van der Waals surface area contributed by atoms with Crippen LogP contribution in [-0.2, 0) is 30.3 Å². The van der Waals surface area contributed by atoms with Crippen molar-refractivity contribution in [1.29, 1.82) is 0 Å². The summed E-state index contributed by atoms with van der Waals surface area (Å²) in [4.78, 5) is 0. The van der Waals surface area contributed by atoms with Gasteiger partial charge in [-0.15, -0.1) is 0 Å². The van der Waals surface area contributed by atoms with Crippen LogP contribution in [0.15, 0.2) is 30.3 Å². The van der Waals surface area contributed by atoms with Crippen LogP contribution in [0.25, 0.3) is 0 Å². The molecule has 3 rings (SSSR count). The van der Waals surface area contributed by atoms with E-state index in [0.717, 1.165) is 5.56 Å². The number of ether oxygens (including phenoxy) is 5. The third kappa shape index (κ3) is 3.74. The second-order valence-electron chi connectivity index (χ2n) is 6.35. The van der Waals surface area contributed by atoms with Gasteiger partial charge in [-0.1, -0.05) is 30.3 Å². The Kier molecular flexibility index (Phi) is 5.01. The number of aliphatic hydroxyl groups excluding tert-OH is 1. The highest BCUT2D eigenvalue weighted by Gasteiger charge is 2.57. The van der Waals surface area contributed by atoms with Crippen LogP contribution in [-0.4, -0.2) is 55.3 Å². The molecule has 0 amide bonds. The van der Waals surface area contributed by atoms with E-state index in [-0.39, 0.29) is 12.7 Å². The summed E-state index contributed by atoms with van der Waals surface area (Å²) in [7, 11) is 1.54. The van der Waals surface area contributed by atoms with E-state index in [0.29, 0.717) is 6.61 Å². The fourth-order valence-electron chi connectivity index (χ4n) is 3.04. The molecule has 0 aromatic heterocycles. The number of hydrogen-bond acceptors (Lipinski definition) is 6. The van der Waals surface area contributed by atoms with Crippen molar-refractivity contribution >= 4 is 0 Å². The van der Waals surface area contributed by atoms with Crippen molar-refractivity contribution in [1.82, 2.24) is 0 Å². The van der Waals surface area contributed by atoms with Crippen LogP contribution in [0.5, 0.6) is 0 Å². The van der Waals surface area contributed by atoms with Gasteiger partial charge in [-0.25, -0.2) is 0 Å². The first-order valence-electron chi connectivity index (χ1n) is 7.84. The van der Waals surface area contributed by atoms with Crippen LogP contribution < -0.4 is 0 Å². The number of methoxy groups -OCH3 is 1. The normalized spacial score (nSPS) is 33.6. The summed E-state index contributed by atoms with van der Waals surface area (Å²) in [6, 6.07) is 9.86. The molecule has 5 atom stereocenters. The lowest BCUT2D eigenvalue weighted by Gasteiger charge is -2.28. The van der Waals surface area contributed by atoms with Gasteiger partial charge in [-0.2, -0.15) is 0 Å². The average molecular weight is 324 g/mol. The molecule has 2 heterocycles. The first-order valence-corrected chi connectivity index (χ1v) is 7.84. The molecule has 2 fully saturated rings. The average Bonchev–Trinajstić information content (AvgIpc) is 2.98. The quantitative estimate of drug-likeness (QED) is 0.854. The zero-order chi connectivity index (χ0) is 16.4. The molecule has 6 heteroatoms. The summed E-state index contributed by atoms with van der Waals surface area (Å²) in [5, 5.41) is 10.3. The van der Waals surface area contributed by atoms with Gasteiger partial charge in [0.1, 0.15) is 24.4 Å². The molecule has 2 aliphatic rings. The molecule has 2 saturated heterocycles. The van der Waals surface area contributed by atoms with E-state index >= 15 is 0 Å². The monoisotopic (exact) mass is 324 g/mol. The van der Waals surface area contributed by atoms with Gasteiger partial charge in [0, 0.05) is 7.11 Å². The highest BCUT2D eigenvalue weighted by molar-refractivity contribution is 5.13. The molecular weight excluding hydrogens is 300 g/mol. The van der Waals surface area contributed by atoms with Crippen LogP contribution >= 0.6 is 0 Å². The molecule has 0 bridgehead atoms. The van der Waals surface area contributed by atoms with Crippen LogP contribution in [0.3, 0.4) is 0 Å². The predicted molar refractivity (Wildman–Crippen MR) is 81.6 cm³/mol. The van der Waals surface area contributed by atoms with E-state index in [1.54, 1.807) is 0 Å². The number of aliphatic hydroxyl groups is 1. The van der Waals surface area contributed by atoms with E-state index in [1.165, 1.54) is 7.11 Å². The minimum Gasteiger partial charge on any atom is -0.388 e. The van der Waals surface area contributed by atoms with Crippen molar-refractivity contribution in [2.45, 2.75) is 56.9 Å². The number of benzene rings is 1. The number of rotatable bonds is 6. The third-order valence-corrected chi connectivity index (χ3v) is 4.03. The summed E-state index contributed by atoms with van der Waals surface area (Å²) in [6.45, 7) is 4.25. The molecule has 6 nitrogen and oxygen atoms in total. The van der Waals surface area contributed by atoms with E-state index in [9.17, 15) is 5.11 Å². The summed E-state index contributed by atoms with van der Waals surface area (Å²) in [5.74, 6) is -0.721. The van der Waals surface area contributed by atoms with Crippen molar-refractivity contribution in [2.75, 3.05) is 13.7 Å². The second-order valence-corrected chi connectivity index (χ2v) is 6.35. The van der Waals surface area contributed by atoms with Crippen LogP contribution in [0.1, 0.15) is 19.4 Å². The van der Waals surface area contributed by atoms with Crippen molar-refractivity contribution < 1.29 is 28.8 Å². The molecule has 2 aliphatic heterocycles. The van der Waals surface area contributed by atoms with Crippen LogP contribution in [0.4, 0.5) is 0 Å². The SMILES string of the molecule is COC[C@@H](O)[C@H]1O[C@@H]2OC(C)(C)O[C@@H]2[C@H]1OCc1ccccc1. The zero-order valence-corrected chi connectivity index (χ0v) is 13.7. The lowest BCUT2D eigenvalue weighted by molar-refractivity contribution is -0.232. The van der Waals surface area contributed by atoms with Gasteiger partial charge in [-0.3, -0.25) is 0 Å². The molecule has 128 valence electrons. The highest BCUT2D eigenvalue weighted by atomic mass is 16.8. The summed E-state index contributed by atoms with van der Waals surface area (Å²) in [5.41, 5.74) is 1.05. The van der Waals surface area contributed by atoms with Gasteiger partial charge in [-0.05, 0) is 19.4 Å². The first-order chi connectivity index (χ1) is 11.0. The minimum atomic E-state index is -0.804. The maximum Gasteiger partial charge on any atom is 0.190 e. The van der Waals surface area contributed by atoms with Gasteiger partial charge < -0.3 is 28.8 Å².